The van der Waals surface area contributed by atoms with Crippen molar-refractivity contribution >= 4 is 12.0 Å². The summed E-state index contributed by atoms with van der Waals surface area (Å²) in [7, 11) is 0. The Morgan fingerprint density at radius 1 is 1.26 bits per heavy atom. The number of carbonyl (C=O) groups is 1. The number of hydrogen-bond donors (Lipinski definition) is 1. The molecule has 1 aromatic carbocycles. The molecule has 0 fully saturated rings. The molecule has 4 nitrogen and oxygen atoms in total. The molecule has 1 aliphatic heterocycles. The van der Waals surface area contributed by atoms with Crippen LogP contribution in [0.25, 0.3) is 6.08 Å². The molecule has 0 saturated heterocycles. The number of rotatable bonds is 3. The van der Waals surface area contributed by atoms with Crippen LogP contribution in [-0.2, 0) is 30.9 Å². The van der Waals surface area contributed by atoms with Crippen LogP contribution in [0.1, 0.15) is 44.0 Å². The van der Waals surface area contributed by atoms with Crippen molar-refractivity contribution in [2.45, 2.75) is 33.1 Å². The predicted octanol–water partition coefficient (Wildman–Crippen LogP) is 2.92. The second-order valence-corrected chi connectivity index (χ2v) is 6.05. The summed E-state index contributed by atoms with van der Waals surface area (Å²) in [5, 5.41) is 2.96. The Morgan fingerprint density at radius 2 is 2.17 bits per heavy atom. The topological polar surface area (TPSA) is 51.2 Å². The molecule has 0 atom stereocenters. The van der Waals surface area contributed by atoms with E-state index in [1.54, 1.807) is 0 Å². The number of allylic oxidation sites excluding steroid dienone is 1. The van der Waals surface area contributed by atoms with Gasteiger partial charge in [-0.3, -0.25) is 4.79 Å². The number of carbonyl (C=O) groups excluding carboxylic acids is 1. The molecule has 0 spiro atoms. The van der Waals surface area contributed by atoms with E-state index in [1.165, 1.54) is 11.1 Å². The minimum atomic E-state index is -0.138. The molecule has 116 valence electrons. The van der Waals surface area contributed by atoms with Crippen LogP contribution in [0.5, 0.6) is 0 Å². The van der Waals surface area contributed by atoms with Gasteiger partial charge in [-0.05, 0) is 41.7 Å². The largest absolute Gasteiger partial charge is 0.372 e. The Morgan fingerprint density at radius 3 is 3.09 bits per heavy atom. The molecule has 1 amide bonds. The van der Waals surface area contributed by atoms with E-state index in [4.69, 9.17) is 4.74 Å². The van der Waals surface area contributed by atoms with Gasteiger partial charge in [0.2, 0.25) is 0 Å². The van der Waals surface area contributed by atoms with E-state index in [9.17, 15) is 4.79 Å². The van der Waals surface area contributed by atoms with Crippen molar-refractivity contribution in [2.24, 2.45) is 0 Å². The van der Waals surface area contributed by atoms with Crippen LogP contribution in [0.2, 0.25) is 0 Å². The molecule has 4 rings (SSSR count). The summed E-state index contributed by atoms with van der Waals surface area (Å²) in [4.78, 5) is 16.8. The highest BCUT2D eigenvalue weighted by molar-refractivity contribution is 5.92. The summed E-state index contributed by atoms with van der Waals surface area (Å²) in [6.07, 6.45) is 5.27. The molecule has 1 N–H and O–H groups in total. The quantitative estimate of drug-likeness (QED) is 0.948. The lowest BCUT2D eigenvalue weighted by Crippen LogP contribution is -2.24. The van der Waals surface area contributed by atoms with E-state index < -0.39 is 0 Å². The van der Waals surface area contributed by atoms with Gasteiger partial charge < -0.3 is 10.1 Å². The predicted molar refractivity (Wildman–Crippen MR) is 87.8 cm³/mol. The molecule has 0 radical (unpaired) electrons. The van der Waals surface area contributed by atoms with Gasteiger partial charge in [0.25, 0.3) is 5.91 Å². The number of aromatic nitrogens is 1. The average molecular weight is 306 g/mol. The zero-order valence-corrected chi connectivity index (χ0v) is 13.1. The number of nitrogens with one attached hydrogen (secondary N) is 1. The highest BCUT2D eigenvalue weighted by Gasteiger charge is 2.18. The lowest BCUT2D eigenvalue weighted by atomic mass is 10.1. The molecule has 1 aromatic heterocycles. The maximum Gasteiger partial charge on any atom is 0.270 e. The Labute approximate surface area is 135 Å². The molecule has 4 heteroatoms. The standard InChI is InChI=1S/C19H18N2O2/c1-12-17-11-23-10-16(17)8-18(21-12)19(22)20-9-13-5-6-14-3-2-4-15(14)7-13/h2-3,5-8H,4,9-11H2,1H3,(H,20,22). The smallest absolute Gasteiger partial charge is 0.270 e. The van der Waals surface area contributed by atoms with Gasteiger partial charge in [0, 0.05) is 17.8 Å². The Kier molecular flexibility index (Phi) is 3.46. The van der Waals surface area contributed by atoms with E-state index in [-0.39, 0.29) is 5.91 Å². The van der Waals surface area contributed by atoms with Crippen LogP contribution in [0.3, 0.4) is 0 Å². The van der Waals surface area contributed by atoms with Crippen LogP contribution < -0.4 is 5.32 Å². The molecule has 2 heterocycles. The second kappa shape index (κ2) is 5.63. The second-order valence-electron chi connectivity index (χ2n) is 6.05. The minimum Gasteiger partial charge on any atom is -0.372 e. The minimum absolute atomic E-state index is 0.138. The van der Waals surface area contributed by atoms with Gasteiger partial charge >= 0.3 is 0 Å². The van der Waals surface area contributed by atoms with Crippen LogP contribution in [0.15, 0.2) is 30.3 Å². The Bertz CT molecular complexity index is 824. The third-order valence-electron chi connectivity index (χ3n) is 4.46. The van der Waals surface area contributed by atoms with Crippen molar-refractivity contribution in [3.05, 3.63) is 69.5 Å². The number of nitrogens with zero attached hydrogens (tertiary/aromatic N) is 1. The van der Waals surface area contributed by atoms with E-state index in [2.05, 4.69) is 40.7 Å². The summed E-state index contributed by atoms with van der Waals surface area (Å²) in [6.45, 7) is 3.61. The summed E-state index contributed by atoms with van der Waals surface area (Å²) < 4.78 is 5.42. The number of pyridine rings is 1. The monoisotopic (exact) mass is 306 g/mol. The van der Waals surface area contributed by atoms with E-state index in [0.29, 0.717) is 25.5 Å². The number of fused-ring (bicyclic) bond motifs is 2. The normalized spacial score (nSPS) is 14.7. The molecule has 23 heavy (non-hydrogen) atoms. The summed E-state index contributed by atoms with van der Waals surface area (Å²) in [5.41, 5.74) is 7.25. The summed E-state index contributed by atoms with van der Waals surface area (Å²) in [5.74, 6) is -0.138. The van der Waals surface area contributed by atoms with E-state index in [0.717, 1.165) is 28.8 Å². The zero-order chi connectivity index (χ0) is 15.8. The maximum atomic E-state index is 12.4. The fourth-order valence-corrected chi connectivity index (χ4v) is 3.16. The summed E-state index contributed by atoms with van der Waals surface area (Å²) in [6, 6.07) is 8.17. The van der Waals surface area contributed by atoms with Crippen LogP contribution in [0.4, 0.5) is 0 Å². The van der Waals surface area contributed by atoms with E-state index in [1.807, 2.05) is 13.0 Å². The molecule has 2 aromatic rings. The molecule has 0 bridgehead atoms. The average Bonchev–Trinajstić information content (AvgIpc) is 3.20. The first-order valence-corrected chi connectivity index (χ1v) is 7.84. The lowest BCUT2D eigenvalue weighted by Gasteiger charge is -2.09. The first kappa shape index (κ1) is 14.2. The maximum absolute atomic E-state index is 12.4. The SMILES string of the molecule is Cc1nc(C(=O)NCc2ccc3c(c2)CC=C3)cc2c1COC2. The molecular weight excluding hydrogens is 288 g/mol. The van der Waals surface area contributed by atoms with Crippen molar-refractivity contribution in [1.82, 2.24) is 10.3 Å². The molecule has 0 unspecified atom stereocenters. The third-order valence-corrected chi connectivity index (χ3v) is 4.46. The van der Waals surface area contributed by atoms with E-state index >= 15 is 0 Å². The van der Waals surface area contributed by atoms with Crippen molar-refractivity contribution < 1.29 is 9.53 Å². The number of benzene rings is 1. The third kappa shape index (κ3) is 2.66. The first-order chi connectivity index (χ1) is 11.2. The fraction of sp³-hybridized carbons (Fsp3) is 0.263. The first-order valence-electron chi connectivity index (χ1n) is 7.84. The number of ether oxygens (including phenoxy) is 1. The number of amides is 1. The Balaban J connectivity index is 1.47. The van der Waals surface area contributed by atoms with Gasteiger partial charge in [-0.1, -0.05) is 30.4 Å². The molecule has 2 aliphatic rings. The van der Waals surface area contributed by atoms with Crippen molar-refractivity contribution in [3.63, 3.8) is 0 Å². The van der Waals surface area contributed by atoms with Crippen molar-refractivity contribution in [3.8, 4) is 0 Å². The molecular formula is C19H18N2O2. The van der Waals surface area contributed by atoms with Gasteiger partial charge in [-0.15, -0.1) is 0 Å². The zero-order valence-electron chi connectivity index (χ0n) is 13.1. The van der Waals surface area contributed by atoms with Gasteiger partial charge in [0.1, 0.15) is 5.69 Å². The van der Waals surface area contributed by atoms with Crippen LogP contribution in [0, 0.1) is 6.92 Å². The van der Waals surface area contributed by atoms with Crippen molar-refractivity contribution in [1.29, 1.82) is 0 Å². The summed E-state index contributed by atoms with van der Waals surface area (Å²) >= 11 is 0. The highest BCUT2D eigenvalue weighted by atomic mass is 16.5. The molecule has 1 aliphatic carbocycles. The Hall–Kier alpha value is -2.46. The number of aryl methyl sites for hydroxylation is 1. The lowest BCUT2D eigenvalue weighted by molar-refractivity contribution is 0.0945. The number of hydrogen-bond acceptors (Lipinski definition) is 3. The van der Waals surface area contributed by atoms with Gasteiger partial charge in [0.05, 0.1) is 13.2 Å². The van der Waals surface area contributed by atoms with Gasteiger partial charge in [-0.2, -0.15) is 0 Å². The van der Waals surface area contributed by atoms with Gasteiger partial charge in [0.15, 0.2) is 0 Å². The highest BCUT2D eigenvalue weighted by Crippen LogP contribution is 2.23. The van der Waals surface area contributed by atoms with Crippen LogP contribution >= 0.6 is 0 Å². The van der Waals surface area contributed by atoms with Crippen LogP contribution in [-0.4, -0.2) is 10.9 Å². The van der Waals surface area contributed by atoms with Gasteiger partial charge in [-0.25, -0.2) is 4.98 Å². The molecule has 0 saturated carbocycles. The fourth-order valence-electron chi connectivity index (χ4n) is 3.16. The van der Waals surface area contributed by atoms with Crippen molar-refractivity contribution in [2.75, 3.05) is 0 Å².